The van der Waals surface area contributed by atoms with Gasteiger partial charge in [-0.3, -0.25) is 0 Å². The maximum Gasteiger partial charge on any atom is 0.123 e. The molecule has 1 N–H and O–H groups in total. The molecule has 1 unspecified atom stereocenters. The Morgan fingerprint density at radius 1 is 1.00 bits per heavy atom. The minimum absolute atomic E-state index is 0.0431. The summed E-state index contributed by atoms with van der Waals surface area (Å²) in [4.78, 5) is 0. The quantitative estimate of drug-likeness (QED) is 0.889. The average molecular weight is 295 g/mol. The Hall–Kier alpha value is -1.80. The standard InChI is InChI=1S/C20H25NO/c1-3-12-20(13-14-21-2)17-9-5-4-8-16(17)15-22-19-11-7-6-10-18(19)20/h4-11,21H,3,12-15H2,1-2H3. The molecule has 1 heterocycles. The van der Waals surface area contributed by atoms with E-state index in [2.05, 4.69) is 60.8 Å². The Morgan fingerprint density at radius 2 is 1.73 bits per heavy atom. The third-order valence-corrected chi connectivity index (χ3v) is 4.80. The lowest BCUT2D eigenvalue weighted by atomic mass is 9.68. The Morgan fingerprint density at radius 3 is 2.50 bits per heavy atom. The molecule has 116 valence electrons. The van der Waals surface area contributed by atoms with E-state index in [0.717, 1.165) is 31.6 Å². The van der Waals surface area contributed by atoms with E-state index in [1.54, 1.807) is 0 Å². The zero-order valence-corrected chi connectivity index (χ0v) is 13.6. The van der Waals surface area contributed by atoms with Gasteiger partial charge in [0.2, 0.25) is 0 Å². The second kappa shape index (κ2) is 6.53. The largest absolute Gasteiger partial charge is 0.489 e. The summed E-state index contributed by atoms with van der Waals surface area (Å²) in [5.74, 6) is 1.04. The Labute approximate surface area is 133 Å². The summed E-state index contributed by atoms with van der Waals surface area (Å²) in [7, 11) is 2.03. The van der Waals surface area contributed by atoms with E-state index >= 15 is 0 Å². The topological polar surface area (TPSA) is 21.3 Å². The molecule has 0 aliphatic carbocycles. The molecular formula is C20H25NO. The fraction of sp³-hybridized carbons (Fsp3) is 0.400. The predicted molar refractivity (Wildman–Crippen MR) is 91.4 cm³/mol. The molecule has 0 fully saturated rings. The summed E-state index contributed by atoms with van der Waals surface area (Å²) < 4.78 is 6.14. The molecule has 0 saturated heterocycles. The van der Waals surface area contributed by atoms with E-state index in [1.165, 1.54) is 16.7 Å². The van der Waals surface area contributed by atoms with Gasteiger partial charge < -0.3 is 10.1 Å². The van der Waals surface area contributed by atoms with Crippen LogP contribution in [0, 0.1) is 0 Å². The first-order chi connectivity index (χ1) is 10.8. The van der Waals surface area contributed by atoms with Gasteiger partial charge in [0.25, 0.3) is 0 Å². The number of rotatable bonds is 5. The molecule has 2 aromatic carbocycles. The van der Waals surface area contributed by atoms with Crippen molar-refractivity contribution in [3.63, 3.8) is 0 Å². The van der Waals surface area contributed by atoms with Gasteiger partial charge in [0.05, 0.1) is 0 Å². The van der Waals surface area contributed by atoms with Gasteiger partial charge in [-0.05, 0) is 43.6 Å². The first-order valence-corrected chi connectivity index (χ1v) is 8.27. The summed E-state index contributed by atoms with van der Waals surface area (Å²) in [6.45, 7) is 3.94. The van der Waals surface area contributed by atoms with E-state index in [0.29, 0.717) is 6.61 Å². The SMILES string of the molecule is CCCC1(CCNC)c2ccccc2COc2ccccc21. The lowest BCUT2D eigenvalue weighted by Gasteiger charge is -2.35. The highest BCUT2D eigenvalue weighted by molar-refractivity contribution is 5.51. The fourth-order valence-electron chi connectivity index (χ4n) is 3.83. The maximum absolute atomic E-state index is 6.14. The first kappa shape index (κ1) is 15.1. The lowest BCUT2D eigenvalue weighted by Crippen LogP contribution is -2.32. The highest BCUT2D eigenvalue weighted by atomic mass is 16.5. The van der Waals surface area contributed by atoms with Crippen LogP contribution in [0.1, 0.15) is 42.9 Å². The normalized spacial score (nSPS) is 19.7. The third-order valence-electron chi connectivity index (χ3n) is 4.80. The van der Waals surface area contributed by atoms with Crippen molar-refractivity contribution >= 4 is 0 Å². The molecule has 2 aromatic rings. The van der Waals surface area contributed by atoms with Gasteiger partial charge in [0, 0.05) is 11.0 Å². The third kappa shape index (κ3) is 2.52. The van der Waals surface area contributed by atoms with Crippen molar-refractivity contribution in [3.05, 3.63) is 65.2 Å². The van der Waals surface area contributed by atoms with Crippen molar-refractivity contribution in [2.24, 2.45) is 0 Å². The molecule has 3 rings (SSSR count). The van der Waals surface area contributed by atoms with Crippen LogP contribution in [0.4, 0.5) is 0 Å². The van der Waals surface area contributed by atoms with Crippen LogP contribution in [0.3, 0.4) is 0 Å². The Balaban J connectivity index is 2.23. The molecule has 0 bridgehead atoms. The molecule has 0 saturated carbocycles. The van der Waals surface area contributed by atoms with Crippen LogP contribution in [-0.4, -0.2) is 13.6 Å². The molecule has 2 nitrogen and oxygen atoms in total. The summed E-state index contributed by atoms with van der Waals surface area (Å²) in [6, 6.07) is 17.4. The van der Waals surface area contributed by atoms with Crippen LogP contribution in [0.25, 0.3) is 0 Å². The summed E-state index contributed by atoms with van der Waals surface area (Å²) in [5.41, 5.74) is 4.15. The number of nitrogens with one attached hydrogen (secondary N) is 1. The van der Waals surface area contributed by atoms with Gasteiger partial charge in [-0.25, -0.2) is 0 Å². The highest BCUT2D eigenvalue weighted by Gasteiger charge is 2.38. The first-order valence-electron chi connectivity index (χ1n) is 8.27. The molecule has 0 radical (unpaired) electrons. The molecule has 1 aliphatic rings. The molecule has 0 aromatic heterocycles. The monoisotopic (exact) mass is 295 g/mol. The van der Waals surface area contributed by atoms with Crippen molar-refractivity contribution in [1.29, 1.82) is 0 Å². The summed E-state index contributed by atoms with van der Waals surface area (Å²) in [6.07, 6.45) is 3.40. The zero-order valence-electron chi connectivity index (χ0n) is 13.6. The Bertz CT molecular complexity index is 588. The van der Waals surface area contributed by atoms with Gasteiger partial charge in [0.15, 0.2) is 0 Å². The molecule has 22 heavy (non-hydrogen) atoms. The lowest BCUT2D eigenvalue weighted by molar-refractivity contribution is 0.305. The maximum atomic E-state index is 6.14. The van der Waals surface area contributed by atoms with Crippen molar-refractivity contribution in [2.75, 3.05) is 13.6 Å². The Kier molecular flexibility index (Phi) is 4.49. The van der Waals surface area contributed by atoms with Crippen LogP contribution in [0.5, 0.6) is 5.75 Å². The van der Waals surface area contributed by atoms with Crippen LogP contribution >= 0.6 is 0 Å². The smallest absolute Gasteiger partial charge is 0.123 e. The van der Waals surface area contributed by atoms with E-state index in [9.17, 15) is 0 Å². The molecule has 1 aliphatic heterocycles. The van der Waals surface area contributed by atoms with E-state index in [4.69, 9.17) is 4.74 Å². The minimum atomic E-state index is 0.0431. The number of benzene rings is 2. The van der Waals surface area contributed by atoms with E-state index in [-0.39, 0.29) is 5.41 Å². The van der Waals surface area contributed by atoms with Crippen molar-refractivity contribution in [1.82, 2.24) is 5.32 Å². The number of hydrogen-bond donors (Lipinski definition) is 1. The fourth-order valence-corrected chi connectivity index (χ4v) is 3.83. The van der Waals surface area contributed by atoms with Gasteiger partial charge in [-0.1, -0.05) is 55.8 Å². The second-order valence-electron chi connectivity index (χ2n) is 6.13. The van der Waals surface area contributed by atoms with Crippen LogP contribution in [0.15, 0.2) is 48.5 Å². The van der Waals surface area contributed by atoms with Gasteiger partial charge in [0.1, 0.15) is 12.4 Å². The molecular weight excluding hydrogens is 270 g/mol. The molecule has 0 amide bonds. The summed E-state index contributed by atoms with van der Waals surface area (Å²) >= 11 is 0. The van der Waals surface area contributed by atoms with Crippen molar-refractivity contribution < 1.29 is 4.74 Å². The van der Waals surface area contributed by atoms with Crippen molar-refractivity contribution in [2.45, 2.75) is 38.2 Å². The van der Waals surface area contributed by atoms with E-state index < -0.39 is 0 Å². The molecule has 1 atom stereocenters. The van der Waals surface area contributed by atoms with Gasteiger partial charge >= 0.3 is 0 Å². The zero-order chi connectivity index (χ0) is 15.4. The predicted octanol–water partition coefficient (Wildman–Crippen LogP) is 4.27. The number of ether oxygens (including phenoxy) is 1. The highest BCUT2D eigenvalue weighted by Crippen LogP contribution is 2.47. The van der Waals surface area contributed by atoms with Crippen molar-refractivity contribution in [3.8, 4) is 5.75 Å². The number of para-hydroxylation sites is 1. The van der Waals surface area contributed by atoms with E-state index in [1.807, 2.05) is 7.05 Å². The van der Waals surface area contributed by atoms with Gasteiger partial charge in [-0.15, -0.1) is 0 Å². The van der Waals surface area contributed by atoms with Crippen LogP contribution in [-0.2, 0) is 12.0 Å². The van der Waals surface area contributed by atoms with Gasteiger partial charge in [-0.2, -0.15) is 0 Å². The second-order valence-corrected chi connectivity index (χ2v) is 6.13. The number of fused-ring (bicyclic) bond motifs is 2. The van der Waals surface area contributed by atoms with Crippen LogP contribution in [0.2, 0.25) is 0 Å². The molecule has 0 spiro atoms. The van der Waals surface area contributed by atoms with Crippen LogP contribution < -0.4 is 10.1 Å². The molecule has 2 heteroatoms. The summed E-state index contributed by atoms with van der Waals surface area (Å²) in [5, 5.41) is 3.34. The average Bonchev–Trinajstić information content (AvgIpc) is 2.70. The number of hydrogen-bond acceptors (Lipinski definition) is 2. The minimum Gasteiger partial charge on any atom is -0.489 e.